The standard InChI is InChI=1S/C26H46O6S2/c1-18(9-8-16-31-33(4,27)28)21-13-14-22-20-12-11-19-10-6-7-15-25(19,2)23(20)17-24(26(21,22)3)32-34(5,29)30/h18-24H,6-17H2,1-5H3/t18-,19?,20+,21-,22+,23+,24?,25+,26-/m1/s1. The van der Waals surface area contributed by atoms with E-state index in [0.717, 1.165) is 37.9 Å². The Bertz CT molecular complexity index is 946. The van der Waals surface area contributed by atoms with Crippen molar-refractivity contribution >= 4 is 20.2 Å². The highest BCUT2D eigenvalue weighted by atomic mass is 32.2. The molecule has 0 amide bonds. The fraction of sp³-hybridized carbons (Fsp3) is 1.00. The van der Waals surface area contributed by atoms with Crippen LogP contribution in [0.5, 0.6) is 0 Å². The first-order valence-electron chi connectivity index (χ1n) is 13.5. The minimum Gasteiger partial charge on any atom is -0.270 e. The third-order valence-electron chi connectivity index (χ3n) is 10.8. The zero-order valence-corrected chi connectivity index (χ0v) is 23.4. The van der Waals surface area contributed by atoms with Crippen LogP contribution in [0.15, 0.2) is 0 Å². The topological polar surface area (TPSA) is 86.7 Å². The summed E-state index contributed by atoms with van der Waals surface area (Å²) in [6.45, 7) is 7.29. The molecule has 0 aromatic carbocycles. The van der Waals surface area contributed by atoms with Crippen molar-refractivity contribution in [1.29, 1.82) is 0 Å². The largest absolute Gasteiger partial charge is 0.270 e. The van der Waals surface area contributed by atoms with Crippen molar-refractivity contribution in [2.75, 3.05) is 19.1 Å². The third kappa shape index (κ3) is 5.12. The molecule has 4 fully saturated rings. The fourth-order valence-corrected chi connectivity index (χ4v) is 10.5. The van der Waals surface area contributed by atoms with Gasteiger partial charge in [0.25, 0.3) is 20.2 Å². The lowest BCUT2D eigenvalue weighted by molar-refractivity contribution is -0.159. The van der Waals surface area contributed by atoms with Crippen molar-refractivity contribution in [3.8, 4) is 0 Å². The van der Waals surface area contributed by atoms with E-state index in [1.807, 2.05) is 0 Å². The molecular weight excluding hydrogens is 472 g/mol. The second kappa shape index (κ2) is 9.60. The van der Waals surface area contributed by atoms with Gasteiger partial charge in [-0.2, -0.15) is 16.8 Å². The first-order chi connectivity index (χ1) is 15.8. The quantitative estimate of drug-likeness (QED) is 0.317. The Morgan fingerprint density at radius 3 is 2.32 bits per heavy atom. The molecule has 0 bridgehead atoms. The van der Waals surface area contributed by atoms with Crippen LogP contribution in [0.3, 0.4) is 0 Å². The summed E-state index contributed by atoms with van der Waals surface area (Å²) in [5.41, 5.74) is 0.146. The van der Waals surface area contributed by atoms with Gasteiger partial charge in [-0.05, 0) is 98.7 Å². The molecule has 0 spiro atoms. The van der Waals surface area contributed by atoms with E-state index in [2.05, 4.69) is 20.8 Å². The van der Waals surface area contributed by atoms with Gasteiger partial charge in [-0.25, -0.2) is 0 Å². The molecule has 0 N–H and O–H groups in total. The van der Waals surface area contributed by atoms with Crippen LogP contribution in [0.25, 0.3) is 0 Å². The molecular formula is C26H46O6S2. The van der Waals surface area contributed by atoms with Crippen LogP contribution >= 0.6 is 0 Å². The van der Waals surface area contributed by atoms with Crippen molar-refractivity contribution in [2.45, 2.75) is 97.5 Å². The smallest absolute Gasteiger partial charge is 0.264 e. The van der Waals surface area contributed by atoms with Crippen LogP contribution in [0.4, 0.5) is 0 Å². The molecule has 0 heterocycles. The molecule has 6 nitrogen and oxygen atoms in total. The molecule has 0 aromatic rings. The van der Waals surface area contributed by atoms with E-state index in [0.29, 0.717) is 41.4 Å². The Labute approximate surface area is 208 Å². The van der Waals surface area contributed by atoms with Gasteiger partial charge in [0, 0.05) is 5.41 Å². The summed E-state index contributed by atoms with van der Waals surface area (Å²) in [7, 11) is -6.98. The van der Waals surface area contributed by atoms with E-state index in [1.165, 1.54) is 44.8 Å². The van der Waals surface area contributed by atoms with Crippen LogP contribution < -0.4 is 0 Å². The Morgan fingerprint density at radius 2 is 1.65 bits per heavy atom. The average Bonchev–Trinajstić information content (AvgIpc) is 3.08. The Balaban J connectivity index is 1.58. The van der Waals surface area contributed by atoms with Gasteiger partial charge in [0.05, 0.1) is 25.2 Å². The molecule has 4 saturated carbocycles. The zero-order chi connectivity index (χ0) is 24.9. The molecule has 0 aliphatic heterocycles. The highest BCUT2D eigenvalue weighted by Gasteiger charge is 2.64. The van der Waals surface area contributed by atoms with Gasteiger partial charge in [0.2, 0.25) is 0 Å². The van der Waals surface area contributed by atoms with Gasteiger partial charge in [-0.3, -0.25) is 8.37 Å². The SMILES string of the molecule is C[C@H](CCCOS(C)(=O)=O)[C@H]1CC[C@H]2[C@@H]3CCC4CCCC[C@]4(C)[C@H]3CC(OS(C)(=O)=O)[C@]12C. The van der Waals surface area contributed by atoms with Crippen molar-refractivity contribution in [3.63, 3.8) is 0 Å². The Kier molecular flexibility index (Phi) is 7.59. The highest BCUT2D eigenvalue weighted by Crippen LogP contribution is 2.69. The minimum atomic E-state index is -3.56. The minimum absolute atomic E-state index is 0.167. The maximum Gasteiger partial charge on any atom is 0.264 e. The second-order valence-electron chi connectivity index (χ2n) is 12.6. The molecule has 9 atom stereocenters. The molecule has 34 heavy (non-hydrogen) atoms. The zero-order valence-electron chi connectivity index (χ0n) is 21.8. The summed E-state index contributed by atoms with van der Waals surface area (Å²) >= 11 is 0. The van der Waals surface area contributed by atoms with E-state index in [-0.39, 0.29) is 18.1 Å². The Hall–Kier alpha value is -0.180. The lowest BCUT2D eigenvalue weighted by atomic mass is 9.44. The van der Waals surface area contributed by atoms with Gasteiger partial charge in [0.15, 0.2) is 0 Å². The maximum atomic E-state index is 12.4. The van der Waals surface area contributed by atoms with Crippen LogP contribution in [0.1, 0.15) is 91.4 Å². The number of fused-ring (bicyclic) bond motifs is 5. The molecule has 198 valence electrons. The summed E-state index contributed by atoms with van der Waals surface area (Å²) in [5, 5.41) is 0. The molecule has 4 rings (SSSR count). The molecule has 4 aliphatic carbocycles. The fourth-order valence-electron chi connectivity index (χ4n) is 9.36. The molecule has 4 aliphatic rings. The van der Waals surface area contributed by atoms with Crippen LogP contribution in [0, 0.1) is 46.3 Å². The molecule has 0 aromatic heterocycles. The first kappa shape index (κ1) is 26.9. The van der Waals surface area contributed by atoms with Gasteiger partial charge >= 0.3 is 0 Å². The van der Waals surface area contributed by atoms with Crippen molar-refractivity contribution < 1.29 is 25.2 Å². The van der Waals surface area contributed by atoms with Crippen molar-refractivity contribution in [1.82, 2.24) is 0 Å². The first-order valence-corrected chi connectivity index (χ1v) is 17.1. The van der Waals surface area contributed by atoms with E-state index in [9.17, 15) is 16.8 Å². The summed E-state index contributed by atoms with van der Waals surface area (Å²) in [6.07, 6.45) is 14.5. The predicted octanol–water partition coefficient (Wildman–Crippen LogP) is 5.38. The van der Waals surface area contributed by atoms with Gasteiger partial charge in [-0.15, -0.1) is 0 Å². The third-order valence-corrected chi connectivity index (χ3v) is 12.0. The van der Waals surface area contributed by atoms with Gasteiger partial charge in [-0.1, -0.05) is 33.6 Å². The second-order valence-corrected chi connectivity index (χ2v) is 15.9. The van der Waals surface area contributed by atoms with Crippen molar-refractivity contribution in [3.05, 3.63) is 0 Å². The van der Waals surface area contributed by atoms with Crippen LogP contribution in [0.2, 0.25) is 0 Å². The maximum absolute atomic E-state index is 12.4. The molecule has 8 heteroatoms. The van der Waals surface area contributed by atoms with E-state index >= 15 is 0 Å². The van der Waals surface area contributed by atoms with E-state index < -0.39 is 20.2 Å². The van der Waals surface area contributed by atoms with Crippen LogP contribution in [-0.4, -0.2) is 42.1 Å². The lowest BCUT2D eigenvalue weighted by Crippen LogP contribution is -2.59. The normalized spacial score (nSPS) is 43.6. The average molecular weight is 519 g/mol. The number of hydrogen-bond donors (Lipinski definition) is 0. The molecule has 0 saturated heterocycles. The monoisotopic (exact) mass is 518 g/mol. The Morgan fingerprint density at radius 1 is 0.912 bits per heavy atom. The summed E-state index contributed by atoms with van der Waals surface area (Å²) in [5.74, 6) is 3.22. The van der Waals surface area contributed by atoms with Gasteiger partial charge in [0.1, 0.15) is 0 Å². The molecule has 0 radical (unpaired) electrons. The summed E-state index contributed by atoms with van der Waals surface area (Å²) in [4.78, 5) is 0. The summed E-state index contributed by atoms with van der Waals surface area (Å²) in [6, 6.07) is 0. The summed E-state index contributed by atoms with van der Waals surface area (Å²) < 4.78 is 58.4. The van der Waals surface area contributed by atoms with Crippen molar-refractivity contribution in [2.24, 2.45) is 46.3 Å². The van der Waals surface area contributed by atoms with Gasteiger partial charge < -0.3 is 0 Å². The predicted molar refractivity (Wildman–Crippen MR) is 134 cm³/mol. The van der Waals surface area contributed by atoms with E-state index in [4.69, 9.17) is 8.37 Å². The number of rotatable bonds is 8. The van der Waals surface area contributed by atoms with E-state index in [1.54, 1.807) is 0 Å². The van der Waals surface area contributed by atoms with Crippen LogP contribution in [-0.2, 0) is 28.6 Å². The lowest BCUT2D eigenvalue weighted by Gasteiger charge is -2.62. The number of hydrogen-bond acceptors (Lipinski definition) is 6. The molecule has 2 unspecified atom stereocenters. The highest BCUT2D eigenvalue weighted by molar-refractivity contribution is 7.86.